The van der Waals surface area contributed by atoms with Crippen LogP contribution in [0.25, 0.3) is 0 Å². The van der Waals surface area contributed by atoms with Gasteiger partial charge in [0.05, 0.1) is 10.5 Å². The predicted octanol–water partition coefficient (Wildman–Crippen LogP) is 4.65. The molecule has 1 aromatic rings. The van der Waals surface area contributed by atoms with Gasteiger partial charge in [-0.3, -0.25) is 0 Å². The molecule has 2 atom stereocenters. The lowest BCUT2D eigenvalue weighted by Gasteiger charge is -2.25. The van der Waals surface area contributed by atoms with E-state index < -0.39 is 0 Å². The van der Waals surface area contributed by atoms with E-state index in [0.29, 0.717) is 10.5 Å². The van der Waals surface area contributed by atoms with E-state index in [2.05, 4.69) is 13.8 Å². The predicted molar refractivity (Wildman–Crippen MR) is 92.5 cm³/mol. The van der Waals surface area contributed by atoms with Crippen molar-refractivity contribution in [3.63, 3.8) is 0 Å². The average Bonchev–Trinajstić information content (AvgIpc) is 2.62. The van der Waals surface area contributed by atoms with E-state index in [1.54, 1.807) is 11.3 Å². The number of rotatable bonds is 0. The molecule has 106 valence electrons. The Bertz CT molecular complexity index is 409. The number of hydrogen-bond acceptors (Lipinski definition) is 7. The van der Waals surface area contributed by atoms with Gasteiger partial charge in [-0.25, -0.2) is 0 Å². The molecule has 2 nitrogen and oxygen atoms in total. The van der Waals surface area contributed by atoms with E-state index in [0.717, 1.165) is 36.2 Å². The number of hydrogen-bond donors (Lipinski definition) is 0. The third-order valence-corrected chi connectivity index (χ3v) is 10.1. The van der Waals surface area contributed by atoms with Gasteiger partial charge in [0.2, 0.25) is 0 Å². The summed E-state index contributed by atoms with van der Waals surface area (Å²) in [7, 11) is 7.89. The summed E-state index contributed by atoms with van der Waals surface area (Å²) in [5.74, 6) is 4.29. The van der Waals surface area contributed by atoms with Gasteiger partial charge in [0.1, 0.15) is 13.2 Å². The zero-order valence-electron chi connectivity index (χ0n) is 10.8. The van der Waals surface area contributed by atoms with Gasteiger partial charge in [0, 0.05) is 21.3 Å². The Labute approximate surface area is 133 Å². The first-order valence-electron chi connectivity index (χ1n) is 6.16. The molecule has 7 heteroatoms. The van der Waals surface area contributed by atoms with Gasteiger partial charge in [-0.2, -0.15) is 0 Å². The molecule has 0 aromatic carbocycles. The molecule has 1 aromatic heterocycles. The summed E-state index contributed by atoms with van der Waals surface area (Å²) in [6.45, 7) is 5.81. The number of fused-ring (bicyclic) bond motifs is 4. The fraction of sp³-hybridized carbons (Fsp3) is 0.667. The summed E-state index contributed by atoms with van der Waals surface area (Å²) < 4.78 is 12.1. The highest BCUT2D eigenvalue weighted by molar-refractivity contribution is 8.80. The standard InChI is InChI=1S/C12H16O2S5/c1-7-11-12(8(2)17-7)14-4-10-6-16-15-5-9(3-13-11)18-19-10/h9-10H,3-6H2,1-2H3. The van der Waals surface area contributed by atoms with Crippen LogP contribution in [0.1, 0.15) is 9.75 Å². The minimum Gasteiger partial charge on any atom is -0.487 e. The quantitative estimate of drug-likeness (QED) is 0.628. The number of thiophene rings is 1. The van der Waals surface area contributed by atoms with Crippen molar-refractivity contribution in [1.29, 1.82) is 0 Å². The summed E-state index contributed by atoms with van der Waals surface area (Å²) in [4.78, 5) is 2.47. The second kappa shape index (κ2) is 6.64. The average molecular weight is 353 g/mol. The number of aryl methyl sites for hydroxylation is 2. The van der Waals surface area contributed by atoms with Gasteiger partial charge < -0.3 is 9.47 Å². The third-order valence-electron chi connectivity index (χ3n) is 2.90. The highest BCUT2D eigenvalue weighted by Crippen LogP contribution is 2.46. The van der Waals surface area contributed by atoms with Crippen molar-refractivity contribution in [2.75, 3.05) is 24.7 Å². The first-order valence-corrected chi connectivity index (χ1v) is 11.7. The highest BCUT2D eigenvalue weighted by Gasteiger charge is 2.25. The van der Waals surface area contributed by atoms with Crippen molar-refractivity contribution >= 4 is 54.5 Å². The van der Waals surface area contributed by atoms with Crippen LogP contribution in [0, 0.1) is 13.8 Å². The van der Waals surface area contributed by atoms with Crippen molar-refractivity contribution < 1.29 is 9.47 Å². The molecule has 0 aliphatic carbocycles. The largest absolute Gasteiger partial charge is 0.487 e. The minimum atomic E-state index is 0.566. The van der Waals surface area contributed by atoms with E-state index in [4.69, 9.17) is 9.47 Å². The molecule has 0 saturated carbocycles. The lowest BCUT2D eigenvalue weighted by Crippen LogP contribution is -2.23. The molecule has 0 spiro atoms. The summed E-state index contributed by atoms with van der Waals surface area (Å²) in [5, 5.41) is 1.13. The molecular weight excluding hydrogens is 336 g/mol. The van der Waals surface area contributed by atoms with Crippen LogP contribution < -0.4 is 9.47 Å². The molecule has 1 fully saturated rings. The second-order valence-corrected chi connectivity index (χ2v) is 11.4. The van der Waals surface area contributed by atoms with Crippen LogP contribution in [-0.2, 0) is 0 Å². The lowest BCUT2D eigenvalue weighted by atomic mass is 10.3. The van der Waals surface area contributed by atoms with E-state index in [1.165, 1.54) is 9.75 Å². The van der Waals surface area contributed by atoms with Gasteiger partial charge in [0.25, 0.3) is 0 Å². The Morgan fingerprint density at radius 3 is 1.79 bits per heavy atom. The normalized spacial score (nSPS) is 27.7. The molecule has 0 N–H and O–H groups in total. The van der Waals surface area contributed by atoms with Gasteiger partial charge in [0.15, 0.2) is 11.5 Å². The zero-order valence-corrected chi connectivity index (χ0v) is 14.9. The van der Waals surface area contributed by atoms with E-state index >= 15 is 0 Å². The van der Waals surface area contributed by atoms with Crippen LogP contribution in [-0.4, -0.2) is 35.2 Å². The Morgan fingerprint density at radius 1 is 0.842 bits per heavy atom. The van der Waals surface area contributed by atoms with Gasteiger partial charge >= 0.3 is 0 Å². The summed E-state index contributed by atoms with van der Waals surface area (Å²) >= 11 is 1.78. The maximum Gasteiger partial charge on any atom is 0.175 e. The third kappa shape index (κ3) is 3.48. The Hall–Kier alpha value is 0.700. The molecule has 2 aliphatic rings. The molecule has 2 unspecified atom stereocenters. The van der Waals surface area contributed by atoms with Crippen LogP contribution >= 0.6 is 54.5 Å². The zero-order chi connectivity index (χ0) is 13.2. The molecule has 0 radical (unpaired) electrons. The van der Waals surface area contributed by atoms with E-state index in [9.17, 15) is 0 Å². The van der Waals surface area contributed by atoms with Crippen molar-refractivity contribution in [3.05, 3.63) is 9.75 Å². The van der Waals surface area contributed by atoms with Crippen LogP contribution in [0.2, 0.25) is 0 Å². The first-order chi connectivity index (χ1) is 9.24. The maximum atomic E-state index is 6.07. The van der Waals surface area contributed by atoms with E-state index in [1.807, 2.05) is 43.2 Å². The first kappa shape index (κ1) is 14.6. The number of ether oxygens (including phenoxy) is 2. The Kier molecular flexibility index (Phi) is 5.11. The Morgan fingerprint density at radius 2 is 1.32 bits per heavy atom. The lowest BCUT2D eigenvalue weighted by molar-refractivity contribution is 0.273. The van der Waals surface area contributed by atoms with Crippen molar-refractivity contribution in [2.24, 2.45) is 0 Å². The Balaban J connectivity index is 1.87. The van der Waals surface area contributed by atoms with Crippen LogP contribution in [0.5, 0.6) is 11.5 Å². The molecule has 19 heavy (non-hydrogen) atoms. The molecule has 0 amide bonds. The SMILES string of the molecule is Cc1sc(C)c2c1OCC1CSSCC(CO2)SS1. The van der Waals surface area contributed by atoms with Gasteiger partial charge in [-0.1, -0.05) is 43.2 Å². The van der Waals surface area contributed by atoms with Crippen molar-refractivity contribution in [1.82, 2.24) is 0 Å². The van der Waals surface area contributed by atoms with Gasteiger partial charge in [-0.15, -0.1) is 11.3 Å². The van der Waals surface area contributed by atoms with Crippen LogP contribution in [0.15, 0.2) is 0 Å². The summed E-state index contributed by atoms with van der Waals surface area (Å²) in [5.41, 5.74) is 0. The van der Waals surface area contributed by atoms with E-state index in [-0.39, 0.29) is 0 Å². The molecule has 3 heterocycles. The molecular formula is C12H16O2S5. The molecule has 3 rings (SSSR count). The van der Waals surface area contributed by atoms with Crippen molar-refractivity contribution in [3.8, 4) is 11.5 Å². The van der Waals surface area contributed by atoms with Gasteiger partial charge in [-0.05, 0) is 13.8 Å². The fourth-order valence-electron chi connectivity index (χ4n) is 1.94. The molecule has 2 bridgehead atoms. The topological polar surface area (TPSA) is 18.5 Å². The maximum absolute atomic E-state index is 6.07. The molecule has 2 aliphatic heterocycles. The minimum absolute atomic E-state index is 0.566. The molecule has 1 saturated heterocycles. The smallest absolute Gasteiger partial charge is 0.175 e. The highest BCUT2D eigenvalue weighted by atomic mass is 33.1. The van der Waals surface area contributed by atoms with Crippen molar-refractivity contribution in [2.45, 2.75) is 24.3 Å². The second-order valence-electron chi connectivity index (χ2n) is 4.50. The summed E-state index contributed by atoms with van der Waals surface area (Å²) in [6.07, 6.45) is 0. The van der Waals surface area contributed by atoms with Crippen LogP contribution in [0.3, 0.4) is 0 Å². The fourth-order valence-corrected chi connectivity index (χ4v) is 9.35. The van der Waals surface area contributed by atoms with Crippen LogP contribution in [0.4, 0.5) is 0 Å². The monoisotopic (exact) mass is 352 g/mol. The summed E-state index contributed by atoms with van der Waals surface area (Å²) in [6, 6.07) is 0.